The summed E-state index contributed by atoms with van der Waals surface area (Å²) in [6.07, 6.45) is 3.54. The van der Waals surface area contributed by atoms with Gasteiger partial charge in [0.05, 0.1) is 5.92 Å². The van der Waals surface area contributed by atoms with E-state index in [0.29, 0.717) is 43.6 Å². The van der Waals surface area contributed by atoms with Crippen LogP contribution in [0.5, 0.6) is 11.5 Å². The van der Waals surface area contributed by atoms with Gasteiger partial charge in [0.15, 0.2) is 17.3 Å². The number of aromatic nitrogens is 2. The summed E-state index contributed by atoms with van der Waals surface area (Å²) in [6, 6.07) is 5.68. The highest BCUT2D eigenvalue weighted by Crippen LogP contribution is 2.39. The number of carboxylic acids is 1. The van der Waals surface area contributed by atoms with Crippen LogP contribution in [0.3, 0.4) is 0 Å². The topological polar surface area (TPSA) is 94.0 Å². The largest absolute Gasteiger partial charge is 0.481 e. The van der Waals surface area contributed by atoms with Crippen LogP contribution in [-0.2, 0) is 22.7 Å². The summed E-state index contributed by atoms with van der Waals surface area (Å²) in [7, 11) is 1.60. The fraction of sp³-hybridized carbons (Fsp3) is 0.421. The van der Waals surface area contributed by atoms with Gasteiger partial charge in [-0.15, -0.1) is 0 Å². The van der Waals surface area contributed by atoms with Crippen LogP contribution in [0.2, 0.25) is 0 Å². The van der Waals surface area contributed by atoms with Crippen LogP contribution >= 0.6 is 0 Å². The molecule has 8 nitrogen and oxygen atoms in total. The monoisotopic (exact) mass is 371 g/mol. The van der Waals surface area contributed by atoms with Crippen LogP contribution in [0, 0.1) is 5.92 Å². The van der Waals surface area contributed by atoms with Gasteiger partial charge in [-0.25, -0.2) is 9.97 Å². The molecule has 1 aromatic heterocycles. The molecule has 4 rings (SSSR count). The number of ether oxygens (including phenoxy) is 3. The lowest BCUT2D eigenvalue weighted by Crippen LogP contribution is -2.23. The average molecular weight is 371 g/mol. The molecule has 1 N–H and O–H groups in total. The van der Waals surface area contributed by atoms with Gasteiger partial charge < -0.3 is 19.3 Å². The fourth-order valence-corrected chi connectivity index (χ4v) is 3.67. The van der Waals surface area contributed by atoms with Crippen molar-refractivity contribution in [2.45, 2.75) is 19.1 Å². The van der Waals surface area contributed by atoms with Crippen LogP contribution < -0.4 is 9.47 Å². The molecule has 2 atom stereocenters. The summed E-state index contributed by atoms with van der Waals surface area (Å²) in [4.78, 5) is 22.5. The highest BCUT2D eigenvalue weighted by atomic mass is 16.7. The van der Waals surface area contributed by atoms with Crippen molar-refractivity contribution >= 4 is 5.97 Å². The smallest absolute Gasteiger partial charge is 0.308 e. The molecule has 1 aromatic carbocycles. The summed E-state index contributed by atoms with van der Waals surface area (Å²) in [5.41, 5.74) is 1.91. The molecule has 27 heavy (non-hydrogen) atoms. The lowest BCUT2D eigenvalue weighted by molar-refractivity contribution is -0.141. The van der Waals surface area contributed by atoms with Gasteiger partial charge in [-0.05, 0) is 17.7 Å². The zero-order valence-electron chi connectivity index (χ0n) is 15.0. The summed E-state index contributed by atoms with van der Waals surface area (Å²) >= 11 is 0. The van der Waals surface area contributed by atoms with Crippen molar-refractivity contribution in [1.29, 1.82) is 0 Å². The van der Waals surface area contributed by atoms with Crippen molar-refractivity contribution in [1.82, 2.24) is 14.9 Å². The van der Waals surface area contributed by atoms with Gasteiger partial charge in [0.25, 0.3) is 0 Å². The Labute approximate surface area is 156 Å². The average Bonchev–Trinajstić information content (AvgIpc) is 3.29. The van der Waals surface area contributed by atoms with Gasteiger partial charge in [-0.1, -0.05) is 6.07 Å². The van der Waals surface area contributed by atoms with E-state index < -0.39 is 11.9 Å². The second kappa shape index (κ2) is 7.50. The minimum Gasteiger partial charge on any atom is -0.481 e. The number of likely N-dealkylation sites (tertiary alicyclic amines) is 1. The SMILES string of the molecule is COCc1ncc(CN2C[C@H](C(=O)O)[C@@H](c3ccc4c(c3)OCO4)C2)cn1. The van der Waals surface area contributed by atoms with E-state index in [4.69, 9.17) is 14.2 Å². The Balaban J connectivity index is 1.49. The third-order valence-electron chi connectivity index (χ3n) is 4.98. The molecular weight excluding hydrogens is 350 g/mol. The first kappa shape index (κ1) is 17.7. The fourth-order valence-electron chi connectivity index (χ4n) is 3.67. The second-order valence-corrected chi connectivity index (χ2v) is 6.80. The van der Waals surface area contributed by atoms with E-state index in [2.05, 4.69) is 14.9 Å². The summed E-state index contributed by atoms with van der Waals surface area (Å²) < 4.78 is 15.8. The van der Waals surface area contributed by atoms with E-state index in [1.807, 2.05) is 18.2 Å². The number of fused-ring (bicyclic) bond motifs is 1. The number of carbonyl (C=O) groups is 1. The Morgan fingerprint density at radius 3 is 2.78 bits per heavy atom. The van der Waals surface area contributed by atoms with E-state index in [1.54, 1.807) is 19.5 Å². The van der Waals surface area contributed by atoms with Crippen LogP contribution in [0.1, 0.15) is 22.9 Å². The molecule has 0 saturated carbocycles. The Morgan fingerprint density at radius 1 is 1.26 bits per heavy atom. The van der Waals surface area contributed by atoms with E-state index in [9.17, 15) is 9.90 Å². The summed E-state index contributed by atoms with van der Waals surface area (Å²) in [5.74, 6) is 0.645. The molecule has 1 fully saturated rings. The Hall–Kier alpha value is -2.71. The predicted octanol–water partition coefficient (Wildman–Crippen LogP) is 1.65. The molecule has 142 valence electrons. The lowest BCUT2D eigenvalue weighted by atomic mass is 9.89. The number of hydrogen-bond acceptors (Lipinski definition) is 7. The van der Waals surface area contributed by atoms with E-state index in [1.165, 1.54) is 0 Å². The molecule has 8 heteroatoms. The third-order valence-corrected chi connectivity index (χ3v) is 4.98. The first-order valence-corrected chi connectivity index (χ1v) is 8.77. The molecule has 0 unspecified atom stereocenters. The van der Waals surface area contributed by atoms with Crippen LogP contribution in [-0.4, -0.2) is 52.9 Å². The zero-order chi connectivity index (χ0) is 18.8. The Bertz CT molecular complexity index is 827. The van der Waals surface area contributed by atoms with Crippen molar-refractivity contribution in [2.24, 2.45) is 5.92 Å². The van der Waals surface area contributed by atoms with Gasteiger partial charge in [-0.3, -0.25) is 9.69 Å². The number of benzene rings is 1. The van der Waals surface area contributed by atoms with Gasteiger partial charge in [0.2, 0.25) is 6.79 Å². The molecule has 0 bridgehead atoms. The van der Waals surface area contributed by atoms with Gasteiger partial charge >= 0.3 is 5.97 Å². The van der Waals surface area contributed by atoms with Crippen molar-refractivity contribution in [3.8, 4) is 11.5 Å². The Morgan fingerprint density at radius 2 is 2.04 bits per heavy atom. The molecule has 1 saturated heterocycles. The van der Waals surface area contributed by atoms with Crippen LogP contribution in [0.15, 0.2) is 30.6 Å². The minimum atomic E-state index is -0.785. The third kappa shape index (κ3) is 3.72. The number of carboxylic acid groups (broad SMARTS) is 1. The van der Waals surface area contributed by atoms with Crippen molar-refractivity contribution < 1.29 is 24.1 Å². The van der Waals surface area contributed by atoms with Crippen LogP contribution in [0.25, 0.3) is 0 Å². The Kier molecular flexibility index (Phi) is 4.91. The normalized spacial score (nSPS) is 21.5. The van der Waals surface area contributed by atoms with Crippen molar-refractivity contribution in [3.63, 3.8) is 0 Å². The summed E-state index contributed by atoms with van der Waals surface area (Å²) in [5, 5.41) is 9.70. The van der Waals surface area contributed by atoms with E-state index in [-0.39, 0.29) is 12.7 Å². The molecule has 2 aliphatic heterocycles. The van der Waals surface area contributed by atoms with Gasteiger partial charge in [0.1, 0.15) is 6.61 Å². The zero-order valence-corrected chi connectivity index (χ0v) is 15.0. The van der Waals surface area contributed by atoms with Crippen molar-refractivity contribution in [2.75, 3.05) is 27.0 Å². The molecule has 0 spiro atoms. The first-order valence-electron chi connectivity index (χ1n) is 8.77. The number of nitrogens with zero attached hydrogens (tertiary/aromatic N) is 3. The molecule has 3 heterocycles. The highest BCUT2D eigenvalue weighted by molar-refractivity contribution is 5.72. The first-order chi connectivity index (χ1) is 13.1. The van der Waals surface area contributed by atoms with Gasteiger partial charge in [-0.2, -0.15) is 0 Å². The predicted molar refractivity (Wildman–Crippen MR) is 94.5 cm³/mol. The number of aliphatic carboxylic acids is 1. The van der Waals surface area contributed by atoms with Gasteiger partial charge in [0, 0.05) is 50.6 Å². The standard InChI is InChI=1S/C19H21N3O5/c1-25-10-18-20-5-12(6-21-18)7-22-8-14(15(9-22)19(23)24)13-2-3-16-17(4-13)27-11-26-16/h2-6,14-15H,7-11H2,1H3,(H,23,24)/t14-,15+/m1/s1. The molecule has 2 aromatic rings. The molecule has 0 amide bonds. The number of rotatable bonds is 6. The number of methoxy groups -OCH3 is 1. The maximum Gasteiger partial charge on any atom is 0.308 e. The second-order valence-electron chi connectivity index (χ2n) is 6.80. The molecular formula is C19H21N3O5. The highest BCUT2D eigenvalue weighted by Gasteiger charge is 2.39. The van der Waals surface area contributed by atoms with Crippen molar-refractivity contribution in [3.05, 3.63) is 47.5 Å². The quantitative estimate of drug-likeness (QED) is 0.819. The lowest BCUT2D eigenvalue weighted by Gasteiger charge is -2.16. The molecule has 0 radical (unpaired) electrons. The minimum absolute atomic E-state index is 0.106. The number of hydrogen-bond donors (Lipinski definition) is 1. The van der Waals surface area contributed by atoms with E-state index >= 15 is 0 Å². The maximum atomic E-state index is 11.8. The molecule has 0 aliphatic carbocycles. The van der Waals surface area contributed by atoms with Crippen LogP contribution in [0.4, 0.5) is 0 Å². The molecule has 2 aliphatic rings. The van der Waals surface area contributed by atoms with E-state index in [0.717, 1.165) is 11.1 Å². The maximum absolute atomic E-state index is 11.8. The summed E-state index contributed by atoms with van der Waals surface area (Å²) in [6.45, 7) is 2.32.